The number of carbonyl (C=O) groups excluding carboxylic acids is 2. The van der Waals surface area contributed by atoms with Crippen LogP contribution < -0.4 is 5.32 Å². The SMILES string of the molecule is C[C@H]1COCCN1C(=O)CCNC(=O)c1ccccc1. The standard InChI is InChI=1S/C15H20N2O3/c1-12-11-20-10-9-17(12)14(18)7-8-16-15(19)13-5-3-2-4-6-13/h2-6,12H,7-11H2,1H3,(H,16,19)/t12-/m0/s1. The minimum Gasteiger partial charge on any atom is -0.377 e. The third kappa shape index (κ3) is 3.81. The van der Waals surface area contributed by atoms with Crippen LogP contribution in [0.25, 0.3) is 0 Å². The molecule has 0 aliphatic carbocycles. The van der Waals surface area contributed by atoms with Crippen LogP contribution in [0.1, 0.15) is 23.7 Å². The fourth-order valence-electron chi connectivity index (χ4n) is 2.22. The summed E-state index contributed by atoms with van der Waals surface area (Å²) in [6, 6.07) is 9.11. The maximum Gasteiger partial charge on any atom is 0.251 e. The smallest absolute Gasteiger partial charge is 0.251 e. The van der Waals surface area contributed by atoms with E-state index in [0.29, 0.717) is 38.3 Å². The molecule has 1 aliphatic heterocycles. The number of hydrogen-bond acceptors (Lipinski definition) is 3. The number of benzene rings is 1. The highest BCUT2D eigenvalue weighted by Crippen LogP contribution is 2.07. The van der Waals surface area contributed by atoms with Gasteiger partial charge in [-0.15, -0.1) is 0 Å². The molecule has 2 rings (SSSR count). The van der Waals surface area contributed by atoms with Crippen LogP contribution in [0.3, 0.4) is 0 Å². The van der Waals surface area contributed by atoms with E-state index in [1.807, 2.05) is 30.0 Å². The van der Waals surface area contributed by atoms with Crippen LogP contribution in [-0.4, -0.2) is 49.1 Å². The first-order valence-electron chi connectivity index (χ1n) is 6.89. The molecular weight excluding hydrogens is 256 g/mol. The Morgan fingerprint density at radius 2 is 2.10 bits per heavy atom. The van der Waals surface area contributed by atoms with Crippen LogP contribution in [0.5, 0.6) is 0 Å². The molecular formula is C15H20N2O3. The van der Waals surface area contributed by atoms with Crippen molar-refractivity contribution >= 4 is 11.8 Å². The largest absolute Gasteiger partial charge is 0.377 e. The third-order valence-electron chi connectivity index (χ3n) is 3.35. The zero-order valence-electron chi connectivity index (χ0n) is 11.7. The normalized spacial score (nSPS) is 18.6. The zero-order chi connectivity index (χ0) is 14.4. The van der Waals surface area contributed by atoms with Gasteiger partial charge in [0.05, 0.1) is 19.3 Å². The molecule has 0 unspecified atom stereocenters. The van der Waals surface area contributed by atoms with Gasteiger partial charge in [0.1, 0.15) is 0 Å². The van der Waals surface area contributed by atoms with Gasteiger partial charge in [-0.1, -0.05) is 18.2 Å². The molecule has 5 nitrogen and oxygen atoms in total. The Labute approximate surface area is 118 Å². The molecule has 5 heteroatoms. The maximum absolute atomic E-state index is 12.0. The van der Waals surface area contributed by atoms with Crippen molar-refractivity contribution in [1.82, 2.24) is 10.2 Å². The van der Waals surface area contributed by atoms with E-state index in [0.717, 1.165) is 0 Å². The van der Waals surface area contributed by atoms with Gasteiger partial charge in [0.15, 0.2) is 0 Å². The van der Waals surface area contributed by atoms with E-state index in [4.69, 9.17) is 4.74 Å². The molecule has 1 saturated heterocycles. The second-order valence-corrected chi connectivity index (χ2v) is 4.88. The average molecular weight is 276 g/mol. The average Bonchev–Trinajstić information content (AvgIpc) is 2.48. The van der Waals surface area contributed by atoms with Gasteiger partial charge in [-0.05, 0) is 19.1 Å². The Balaban J connectivity index is 1.75. The molecule has 1 fully saturated rings. The number of morpholine rings is 1. The van der Waals surface area contributed by atoms with Crippen molar-refractivity contribution in [3.63, 3.8) is 0 Å². The molecule has 0 spiro atoms. The highest BCUT2D eigenvalue weighted by molar-refractivity contribution is 5.94. The second kappa shape index (κ2) is 7.05. The van der Waals surface area contributed by atoms with Gasteiger partial charge in [-0.25, -0.2) is 0 Å². The first kappa shape index (κ1) is 14.5. The van der Waals surface area contributed by atoms with Gasteiger partial charge >= 0.3 is 0 Å². The lowest BCUT2D eigenvalue weighted by Crippen LogP contribution is -2.47. The molecule has 1 aliphatic rings. The van der Waals surface area contributed by atoms with E-state index in [1.54, 1.807) is 12.1 Å². The van der Waals surface area contributed by atoms with E-state index in [2.05, 4.69) is 5.32 Å². The van der Waals surface area contributed by atoms with Crippen molar-refractivity contribution in [1.29, 1.82) is 0 Å². The van der Waals surface area contributed by atoms with Crippen LogP contribution in [0.4, 0.5) is 0 Å². The minimum atomic E-state index is -0.145. The first-order valence-corrected chi connectivity index (χ1v) is 6.89. The number of nitrogens with one attached hydrogen (secondary N) is 1. The van der Waals surface area contributed by atoms with Crippen molar-refractivity contribution in [2.45, 2.75) is 19.4 Å². The van der Waals surface area contributed by atoms with Gasteiger partial charge in [0.25, 0.3) is 5.91 Å². The number of amides is 2. The fraction of sp³-hybridized carbons (Fsp3) is 0.467. The molecule has 0 radical (unpaired) electrons. The molecule has 2 amide bonds. The summed E-state index contributed by atoms with van der Waals surface area (Å²) in [6.07, 6.45) is 0.322. The lowest BCUT2D eigenvalue weighted by molar-refractivity contribution is -0.138. The van der Waals surface area contributed by atoms with Gasteiger partial charge in [-0.2, -0.15) is 0 Å². The summed E-state index contributed by atoms with van der Waals surface area (Å²) in [4.78, 5) is 25.7. The van der Waals surface area contributed by atoms with Crippen LogP contribution in [-0.2, 0) is 9.53 Å². The number of hydrogen-bond donors (Lipinski definition) is 1. The molecule has 0 aromatic heterocycles. The number of ether oxygens (including phenoxy) is 1. The highest BCUT2D eigenvalue weighted by Gasteiger charge is 2.23. The van der Waals surface area contributed by atoms with Crippen LogP contribution in [0.2, 0.25) is 0 Å². The number of rotatable bonds is 4. The zero-order valence-corrected chi connectivity index (χ0v) is 11.7. The van der Waals surface area contributed by atoms with E-state index in [-0.39, 0.29) is 17.9 Å². The van der Waals surface area contributed by atoms with Crippen LogP contribution >= 0.6 is 0 Å². The second-order valence-electron chi connectivity index (χ2n) is 4.88. The topological polar surface area (TPSA) is 58.6 Å². The third-order valence-corrected chi connectivity index (χ3v) is 3.35. The molecule has 1 heterocycles. The molecule has 0 saturated carbocycles. The lowest BCUT2D eigenvalue weighted by Gasteiger charge is -2.33. The van der Waals surface area contributed by atoms with E-state index in [9.17, 15) is 9.59 Å². The van der Waals surface area contributed by atoms with Crippen molar-refractivity contribution < 1.29 is 14.3 Å². The first-order chi connectivity index (χ1) is 9.68. The summed E-state index contributed by atoms with van der Waals surface area (Å²) in [5.74, 6) is -0.0809. The molecule has 0 bridgehead atoms. The van der Waals surface area contributed by atoms with Crippen molar-refractivity contribution in [2.75, 3.05) is 26.3 Å². The van der Waals surface area contributed by atoms with Gasteiger partial charge in [0, 0.05) is 25.1 Å². The Morgan fingerprint density at radius 3 is 2.80 bits per heavy atom. The lowest BCUT2D eigenvalue weighted by atomic mass is 10.2. The Hall–Kier alpha value is -1.88. The monoisotopic (exact) mass is 276 g/mol. The summed E-state index contributed by atoms with van der Waals surface area (Å²) < 4.78 is 5.30. The summed E-state index contributed by atoms with van der Waals surface area (Å²) in [7, 11) is 0. The quantitative estimate of drug-likeness (QED) is 0.894. The van der Waals surface area contributed by atoms with E-state index < -0.39 is 0 Å². The summed E-state index contributed by atoms with van der Waals surface area (Å²) in [6.45, 7) is 4.14. The molecule has 1 atom stereocenters. The molecule has 108 valence electrons. The summed E-state index contributed by atoms with van der Waals surface area (Å²) >= 11 is 0. The summed E-state index contributed by atoms with van der Waals surface area (Å²) in [5, 5.41) is 2.77. The van der Waals surface area contributed by atoms with Gasteiger partial charge in [0.2, 0.25) is 5.91 Å². The Kier molecular flexibility index (Phi) is 5.12. The number of carbonyl (C=O) groups is 2. The van der Waals surface area contributed by atoms with E-state index >= 15 is 0 Å². The Bertz CT molecular complexity index is 461. The minimum absolute atomic E-state index is 0.0640. The van der Waals surface area contributed by atoms with Gasteiger partial charge in [-0.3, -0.25) is 9.59 Å². The predicted octanol–water partition coefficient (Wildman–Crippen LogP) is 1.05. The van der Waals surface area contributed by atoms with Crippen molar-refractivity contribution in [3.05, 3.63) is 35.9 Å². The molecule has 1 aromatic carbocycles. The molecule has 1 aromatic rings. The van der Waals surface area contributed by atoms with E-state index in [1.165, 1.54) is 0 Å². The highest BCUT2D eigenvalue weighted by atomic mass is 16.5. The van der Waals surface area contributed by atoms with Gasteiger partial charge < -0.3 is 15.0 Å². The molecule has 1 N–H and O–H groups in total. The maximum atomic E-state index is 12.0. The van der Waals surface area contributed by atoms with Crippen molar-refractivity contribution in [3.8, 4) is 0 Å². The van der Waals surface area contributed by atoms with Crippen LogP contribution in [0.15, 0.2) is 30.3 Å². The van der Waals surface area contributed by atoms with Crippen LogP contribution in [0, 0.1) is 0 Å². The summed E-state index contributed by atoms with van der Waals surface area (Å²) in [5.41, 5.74) is 0.611. The predicted molar refractivity (Wildman–Crippen MR) is 75.4 cm³/mol. The van der Waals surface area contributed by atoms with Crippen molar-refractivity contribution in [2.24, 2.45) is 0 Å². The Morgan fingerprint density at radius 1 is 1.35 bits per heavy atom. The number of nitrogens with zero attached hydrogens (tertiary/aromatic N) is 1. The fourth-order valence-corrected chi connectivity index (χ4v) is 2.22. The molecule has 20 heavy (non-hydrogen) atoms.